The van der Waals surface area contributed by atoms with Gasteiger partial charge in [-0.05, 0) is 49.2 Å². The molecular formula is C27H24ClF6N5O3. The predicted octanol–water partition coefficient (Wildman–Crippen LogP) is 4.86. The molecule has 3 heterocycles. The summed E-state index contributed by atoms with van der Waals surface area (Å²) >= 11 is 5.89. The van der Waals surface area contributed by atoms with Crippen molar-refractivity contribution in [3.63, 3.8) is 0 Å². The Bertz CT molecular complexity index is 1460. The molecule has 0 spiro atoms. The van der Waals surface area contributed by atoms with Crippen molar-refractivity contribution in [1.29, 1.82) is 0 Å². The first-order valence-electron chi connectivity index (χ1n) is 13.0. The summed E-state index contributed by atoms with van der Waals surface area (Å²) in [6.45, 7) is 0.297. The van der Waals surface area contributed by atoms with Crippen molar-refractivity contribution in [1.82, 2.24) is 20.2 Å². The van der Waals surface area contributed by atoms with Crippen LogP contribution in [-0.2, 0) is 15.7 Å². The number of rotatable bonds is 5. The number of nitrogens with one attached hydrogen (secondary N) is 1. The lowest BCUT2D eigenvalue weighted by atomic mass is 10.0. The van der Waals surface area contributed by atoms with Gasteiger partial charge in [0.05, 0.1) is 18.1 Å². The number of aromatic nitrogens is 2. The van der Waals surface area contributed by atoms with Crippen LogP contribution < -0.4 is 10.2 Å². The Morgan fingerprint density at radius 2 is 1.60 bits per heavy atom. The number of piperidine rings is 1. The van der Waals surface area contributed by atoms with Gasteiger partial charge in [-0.1, -0.05) is 23.7 Å². The standard InChI is InChI=1S/C27H24ClF6N5O3/c28-16-7-5-15(6-8-16)23(40)38-11-9-17(10-12-38)35-20-13-39(14-21(20)42-25(41)27(32,33)34)22-18-3-1-2-4-19(18)36-24(37-22)26(29,30)31/h1-8,17,20-21,35H,9-14H2/t20-,21-/m0/s1. The Balaban J connectivity index is 1.34. The number of benzene rings is 2. The molecule has 2 atom stereocenters. The van der Waals surface area contributed by atoms with Crippen molar-refractivity contribution >= 4 is 40.2 Å². The summed E-state index contributed by atoms with van der Waals surface area (Å²) in [6.07, 6.45) is -10.6. The number of nitrogens with zero attached hydrogens (tertiary/aromatic N) is 4. The number of esters is 1. The zero-order chi connectivity index (χ0) is 30.2. The van der Waals surface area contributed by atoms with Gasteiger partial charge in [0.15, 0.2) is 0 Å². The van der Waals surface area contributed by atoms with Crippen LogP contribution in [-0.4, -0.2) is 77.3 Å². The average Bonchev–Trinajstić information content (AvgIpc) is 3.33. The van der Waals surface area contributed by atoms with E-state index in [2.05, 4.69) is 15.3 Å². The van der Waals surface area contributed by atoms with Gasteiger partial charge in [0.2, 0.25) is 5.82 Å². The van der Waals surface area contributed by atoms with Crippen LogP contribution in [0.15, 0.2) is 48.5 Å². The van der Waals surface area contributed by atoms with Crippen LogP contribution in [0.1, 0.15) is 29.0 Å². The maximum Gasteiger partial charge on any atom is 0.490 e. The molecule has 5 rings (SSSR count). The zero-order valence-electron chi connectivity index (χ0n) is 21.8. The van der Waals surface area contributed by atoms with Crippen molar-refractivity contribution in [2.75, 3.05) is 31.1 Å². The maximum absolute atomic E-state index is 13.6. The first-order valence-corrected chi connectivity index (χ1v) is 13.3. The third kappa shape index (κ3) is 6.54. The fraction of sp³-hybridized carbons (Fsp3) is 0.407. The van der Waals surface area contributed by atoms with E-state index in [4.69, 9.17) is 16.3 Å². The number of amides is 1. The van der Waals surface area contributed by atoms with E-state index in [9.17, 15) is 35.9 Å². The number of ether oxygens (including phenoxy) is 1. The monoisotopic (exact) mass is 615 g/mol. The Hall–Kier alpha value is -3.65. The minimum Gasteiger partial charge on any atom is -0.452 e. The highest BCUT2D eigenvalue weighted by Gasteiger charge is 2.46. The molecule has 42 heavy (non-hydrogen) atoms. The largest absolute Gasteiger partial charge is 0.490 e. The molecule has 2 aliphatic rings. The molecule has 2 saturated heterocycles. The summed E-state index contributed by atoms with van der Waals surface area (Å²) in [5.74, 6) is -4.11. The molecule has 0 unspecified atom stereocenters. The minimum atomic E-state index is -5.25. The van der Waals surface area contributed by atoms with Crippen molar-refractivity contribution in [3.05, 3.63) is 64.9 Å². The SMILES string of the molecule is O=C(c1ccc(Cl)cc1)N1CCC(N[C@H]2CN(c3nc(C(F)(F)F)nc4ccccc34)C[C@@H]2OC(=O)C(F)(F)F)CC1. The maximum atomic E-state index is 13.6. The third-order valence-electron chi connectivity index (χ3n) is 7.22. The first-order chi connectivity index (χ1) is 19.8. The van der Waals surface area contributed by atoms with E-state index in [0.717, 1.165) is 0 Å². The van der Waals surface area contributed by atoms with Crippen LogP contribution >= 0.6 is 11.6 Å². The molecule has 15 heteroatoms. The second-order valence-electron chi connectivity index (χ2n) is 10.1. The summed E-state index contributed by atoms with van der Waals surface area (Å²) in [5.41, 5.74) is 0.472. The Morgan fingerprint density at radius 1 is 0.929 bits per heavy atom. The van der Waals surface area contributed by atoms with Gasteiger partial charge in [-0.2, -0.15) is 26.3 Å². The van der Waals surface area contributed by atoms with Crippen LogP contribution in [0.25, 0.3) is 10.9 Å². The molecule has 1 amide bonds. The molecule has 0 bridgehead atoms. The number of halogens is 7. The lowest BCUT2D eigenvalue weighted by Gasteiger charge is -2.34. The van der Waals surface area contributed by atoms with Crippen molar-refractivity contribution in [3.8, 4) is 0 Å². The van der Waals surface area contributed by atoms with Gasteiger partial charge in [-0.25, -0.2) is 14.8 Å². The summed E-state index contributed by atoms with van der Waals surface area (Å²) in [7, 11) is 0. The molecule has 2 fully saturated rings. The Morgan fingerprint density at radius 3 is 2.24 bits per heavy atom. The highest BCUT2D eigenvalue weighted by Crippen LogP contribution is 2.34. The van der Waals surface area contributed by atoms with E-state index in [-0.39, 0.29) is 41.8 Å². The van der Waals surface area contributed by atoms with Gasteiger partial charge in [0.25, 0.3) is 5.91 Å². The van der Waals surface area contributed by atoms with E-state index >= 15 is 0 Å². The molecule has 1 N–H and O–H groups in total. The number of fused-ring (bicyclic) bond motifs is 1. The van der Waals surface area contributed by atoms with Gasteiger partial charge in [0, 0.05) is 41.6 Å². The lowest BCUT2D eigenvalue weighted by molar-refractivity contribution is -0.204. The topological polar surface area (TPSA) is 87.7 Å². The molecule has 2 aliphatic heterocycles. The third-order valence-corrected chi connectivity index (χ3v) is 7.47. The summed E-state index contributed by atoms with van der Waals surface area (Å²) in [4.78, 5) is 34.9. The number of likely N-dealkylation sites (tertiary alicyclic amines) is 1. The predicted molar refractivity (Wildman–Crippen MR) is 140 cm³/mol. The first kappa shape index (κ1) is 29.8. The van der Waals surface area contributed by atoms with Crippen LogP contribution in [0.4, 0.5) is 32.2 Å². The molecule has 224 valence electrons. The van der Waals surface area contributed by atoms with Gasteiger partial charge >= 0.3 is 18.3 Å². The van der Waals surface area contributed by atoms with E-state index in [1.807, 2.05) is 0 Å². The fourth-order valence-electron chi connectivity index (χ4n) is 5.19. The number of alkyl halides is 6. The van der Waals surface area contributed by atoms with Gasteiger partial charge in [0.1, 0.15) is 11.9 Å². The van der Waals surface area contributed by atoms with E-state index in [1.54, 1.807) is 35.2 Å². The number of carbonyl (C=O) groups excluding carboxylic acids is 2. The highest BCUT2D eigenvalue weighted by atomic mass is 35.5. The van der Waals surface area contributed by atoms with Crippen molar-refractivity contribution in [2.24, 2.45) is 0 Å². The van der Waals surface area contributed by atoms with Crippen molar-refractivity contribution < 1.29 is 40.7 Å². The van der Waals surface area contributed by atoms with Crippen LogP contribution in [0.3, 0.4) is 0 Å². The number of anilines is 1. The van der Waals surface area contributed by atoms with E-state index in [0.29, 0.717) is 36.5 Å². The van der Waals surface area contributed by atoms with Crippen LogP contribution in [0, 0.1) is 0 Å². The second kappa shape index (κ2) is 11.6. The smallest absolute Gasteiger partial charge is 0.452 e. The number of para-hydroxylation sites is 1. The second-order valence-corrected chi connectivity index (χ2v) is 10.5. The number of hydrogen-bond donors (Lipinski definition) is 1. The van der Waals surface area contributed by atoms with E-state index < -0.39 is 36.3 Å². The van der Waals surface area contributed by atoms with Crippen LogP contribution in [0.2, 0.25) is 5.02 Å². The minimum absolute atomic E-state index is 0.00722. The fourth-order valence-corrected chi connectivity index (χ4v) is 5.31. The highest BCUT2D eigenvalue weighted by molar-refractivity contribution is 6.30. The average molecular weight is 616 g/mol. The molecule has 0 radical (unpaired) electrons. The number of hydrogen-bond acceptors (Lipinski definition) is 7. The molecule has 0 aliphatic carbocycles. The van der Waals surface area contributed by atoms with E-state index in [1.165, 1.54) is 23.1 Å². The summed E-state index contributed by atoms with van der Waals surface area (Å²) in [5, 5.41) is 3.97. The van der Waals surface area contributed by atoms with Gasteiger partial charge < -0.3 is 19.9 Å². The quantitative estimate of drug-likeness (QED) is 0.324. The Labute approximate surface area is 240 Å². The zero-order valence-corrected chi connectivity index (χ0v) is 22.5. The normalized spacial score (nSPS) is 20.3. The summed E-state index contributed by atoms with van der Waals surface area (Å²) < 4.78 is 84.8. The molecule has 0 saturated carbocycles. The van der Waals surface area contributed by atoms with Gasteiger partial charge in [-0.3, -0.25) is 4.79 Å². The molecular weight excluding hydrogens is 592 g/mol. The van der Waals surface area contributed by atoms with Crippen molar-refractivity contribution in [2.45, 2.75) is 43.4 Å². The van der Waals surface area contributed by atoms with Gasteiger partial charge in [-0.15, -0.1) is 0 Å². The molecule has 1 aromatic heterocycles. The molecule has 8 nitrogen and oxygen atoms in total. The summed E-state index contributed by atoms with van der Waals surface area (Å²) in [6, 6.07) is 11.3. The molecule has 3 aromatic rings. The molecule has 2 aromatic carbocycles. The number of carbonyl (C=O) groups is 2. The Kier molecular flexibility index (Phi) is 8.21. The van der Waals surface area contributed by atoms with Crippen LogP contribution in [0.5, 0.6) is 0 Å². The lowest BCUT2D eigenvalue weighted by Crippen LogP contribution is -2.52.